The topological polar surface area (TPSA) is 118 Å². The Labute approximate surface area is 325 Å². The number of carbonyl (C=O) groups excluding carboxylic acids is 4. The molecule has 278 valence electrons. The molecule has 2 amide bonds. The molecule has 2 aromatic heterocycles. The number of aromatic nitrogens is 2. The molecule has 0 fully saturated rings. The molecule has 0 saturated carbocycles. The number of pyridine rings is 2. The van der Waals surface area contributed by atoms with Gasteiger partial charge < -0.3 is 10.6 Å². The molecule has 0 aliphatic carbocycles. The van der Waals surface area contributed by atoms with Gasteiger partial charge in [-0.1, -0.05) is 79.1 Å². The lowest BCUT2D eigenvalue weighted by Gasteiger charge is -2.23. The molecular weight excluding hydrogens is 800 g/mol. The Hall–Kier alpha value is -1.76. The normalized spacial score (nSPS) is 13.6. The molecule has 4 atom stereocenters. The molecule has 2 N–H and O–H groups in total. The first kappa shape index (κ1) is 44.4. The number of thioether (sulfide) groups is 2. The molecule has 2 heterocycles. The molecule has 0 saturated heterocycles. The van der Waals surface area contributed by atoms with E-state index in [0.717, 1.165) is 44.8 Å². The lowest BCUT2D eigenvalue weighted by molar-refractivity contribution is -0.122. The van der Waals surface area contributed by atoms with Crippen LogP contribution in [0, 0.1) is 11.8 Å². The zero-order valence-electron chi connectivity index (χ0n) is 30.2. The van der Waals surface area contributed by atoms with Crippen molar-refractivity contribution in [1.82, 2.24) is 20.6 Å². The Balaban J connectivity index is 1.49. The van der Waals surface area contributed by atoms with Crippen LogP contribution in [0.1, 0.15) is 125 Å². The lowest BCUT2D eigenvalue weighted by Crippen LogP contribution is -2.45. The van der Waals surface area contributed by atoms with Crippen LogP contribution >= 0.6 is 55.4 Å². The van der Waals surface area contributed by atoms with Gasteiger partial charge in [-0.15, -0.1) is 0 Å². The minimum absolute atomic E-state index is 0.0719. The van der Waals surface area contributed by atoms with Crippen LogP contribution in [0.15, 0.2) is 45.9 Å². The summed E-state index contributed by atoms with van der Waals surface area (Å²) in [6.07, 6.45) is 18.6. The number of rotatable bonds is 27. The first-order chi connectivity index (χ1) is 24.1. The van der Waals surface area contributed by atoms with E-state index in [1.165, 1.54) is 63.8 Å². The Kier molecular flexibility index (Phi) is 23.2. The Morgan fingerprint density at radius 2 is 0.960 bits per heavy atom. The van der Waals surface area contributed by atoms with E-state index < -0.39 is 12.1 Å². The van der Waals surface area contributed by atoms with Crippen molar-refractivity contribution in [2.24, 2.45) is 11.8 Å². The third-order valence-electron chi connectivity index (χ3n) is 8.94. The summed E-state index contributed by atoms with van der Waals surface area (Å²) in [5, 5.41) is 5.90. The van der Waals surface area contributed by atoms with E-state index in [0.29, 0.717) is 24.0 Å². The number of ketones is 2. The summed E-state index contributed by atoms with van der Waals surface area (Å²) in [6, 6.07) is 2.46. The Morgan fingerprint density at radius 1 is 0.600 bits per heavy atom. The zero-order chi connectivity index (χ0) is 36.7. The van der Waals surface area contributed by atoms with Gasteiger partial charge >= 0.3 is 0 Å². The fourth-order valence-corrected chi connectivity index (χ4v) is 8.05. The summed E-state index contributed by atoms with van der Waals surface area (Å²) in [4.78, 5) is 59.5. The minimum atomic E-state index is -0.482. The highest BCUT2D eigenvalue weighted by Crippen LogP contribution is 2.19. The molecular formula is C38H56Br2N4O4S2. The molecule has 0 aliphatic rings. The standard InChI is InChI=1S/C38H56Br2N4O4S2/c1-5-27(3)35(43-37(47)29-21-31(39)25-41-23-29)33(45)15-19-49-17-13-11-9-7-8-10-12-14-18-50-20-16-34(46)36(28(4)6-2)44-38(48)30-22-32(40)26-42-24-30/h21-28,35-36H,5-20H2,1-4H3,(H,43,47)(H,44,48)/t27-,28-,35-,36-/m0/s1. The number of hydrogen-bond acceptors (Lipinski definition) is 8. The van der Waals surface area contributed by atoms with Gasteiger partial charge in [0.15, 0.2) is 11.6 Å². The van der Waals surface area contributed by atoms with Crippen molar-refractivity contribution in [2.75, 3.05) is 23.0 Å². The molecule has 12 heteroatoms. The van der Waals surface area contributed by atoms with Crippen molar-refractivity contribution in [3.05, 3.63) is 57.0 Å². The Bertz CT molecular complexity index is 1240. The van der Waals surface area contributed by atoms with Crippen molar-refractivity contribution in [3.8, 4) is 0 Å². The van der Waals surface area contributed by atoms with Crippen LogP contribution in [0.5, 0.6) is 0 Å². The average Bonchev–Trinajstić information content (AvgIpc) is 3.11. The summed E-state index contributed by atoms with van der Waals surface area (Å²) in [5.41, 5.74) is 0.892. The number of hydrogen-bond donors (Lipinski definition) is 2. The maximum absolute atomic E-state index is 13.0. The van der Waals surface area contributed by atoms with Crippen LogP contribution in [0.4, 0.5) is 0 Å². The number of nitrogens with one attached hydrogen (secondary N) is 2. The highest BCUT2D eigenvalue weighted by atomic mass is 79.9. The SMILES string of the molecule is CC[C@H](C)[C@H](NC(=O)c1cncc(Br)c1)C(=O)CCSCCCCCCCCCCSCCC(=O)[C@@H](NC(=O)c1cncc(Br)c1)[C@@H](C)CC. The molecule has 0 spiro atoms. The maximum Gasteiger partial charge on any atom is 0.253 e. The first-order valence-electron chi connectivity index (χ1n) is 18.1. The maximum atomic E-state index is 13.0. The van der Waals surface area contributed by atoms with Gasteiger partial charge in [0.25, 0.3) is 11.8 Å². The summed E-state index contributed by atoms with van der Waals surface area (Å²) in [7, 11) is 0. The summed E-state index contributed by atoms with van der Waals surface area (Å²) < 4.78 is 1.46. The van der Waals surface area contributed by atoms with Crippen LogP contribution in [-0.2, 0) is 9.59 Å². The molecule has 2 rings (SSSR count). The van der Waals surface area contributed by atoms with Gasteiger partial charge in [0.2, 0.25) is 0 Å². The van der Waals surface area contributed by atoms with Crippen LogP contribution < -0.4 is 10.6 Å². The van der Waals surface area contributed by atoms with Crippen molar-refractivity contribution in [2.45, 2.75) is 117 Å². The van der Waals surface area contributed by atoms with Crippen LogP contribution in [0.2, 0.25) is 0 Å². The van der Waals surface area contributed by atoms with Crippen molar-refractivity contribution < 1.29 is 19.2 Å². The number of nitrogens with zero attached hydrogens (tertiary/aromatic N) is 2. The highest BCUT2D eigenvalue weighted by Gasteiger charge is 2.27. The highest BCUT2D eigenvalue weighted by molar-refractivity contribution is 9.10. The monoisotopic (exact) mass is 854 g/mol. The molecule has 0 aromatic carbocycles. The van der Waals surface area contributed by atoms with Crippen molar-refractivity contribution in [1.29, 1.82) is 0 Å². The van der Waals surface area contributed by atoms with Crippen LogP contribution in [0.25, 0.3) is 0 Å². The van der Waals surface area contributed by atoms with Crippen molar-refractivity contribution >= 4 is 78.8 Å². The van der Waals surface area contributed by atoms with E-state index in [9.17, 15) is 19.2 Å². The number of halogens is 2. The fraction of sp³-hybridized carbons (Fsp3) is 0.632. The molecule has 0 bridgehead atoms. The Morgan fingerprint density at radius 3 is 1.30 bits per heavy atom. The fourth-order valence-electron chi connectivity index (χ4n) is 5.40. The first-order valence-corrected chi connectivity index (χ1v) is 22.0. The minimum Gasteiger partial charge on any atom is -0.342 e. The molecule has 2 aromatic rings. The van der Waals surface area contributed by atoms with Gasteiger partial charge in [-0.2, -0.15) is 23.5 Å². The molecule has 0 unspecified atom stereocenters. The van der Waals surface area contributed by atoms with E-state index in [2.05, 4.69) is 52.5 Å². The van der Waals surface area contributed by atoms with Gasteiger partial charge in [-0.25, -0.2) is 0 Å². The molecule has 0 aliphatic heterocycles. The number of unbranched alkanes of at least 4 members (excludes halogenated alkanes) is 7. The largest absolute Gasteiger partial charge is 0.342 e. The van der Waals surface area contributed by atoms with E-state index in [1.807, 2.05) is 51.2 Å². The third-order valence-corrected chi connectivity index (χ3v) is 11.9. The third kappa shape index (κ3) is 17.6. The predicted molar refractivity (Wildman–Crippen MR) is 216 cm³/mol. The second kappa shape index (κ2) is 26.1. The zero-order valence-corrected chi connectivity index (χ0v) is 35.0. The second-order valence-corrected chi connectivity index (χ2v) is 17.2. The molecule has 8 nitrogen and oxygen atoms in total. The quantitative estimate of drug-likeness (QED) is 0.0854. The second-order valence-electron chi connectivity index (χ2n) is 12.9. The van der Waals surface area contributed by atoms with E-state index in [-0.39, 0.29) is 35.2 Å². The number of Topliss-reactive ketones (excluding diaryl/α,β-unsaturated/α-hetero) is 2. The van der Waals surface area contributed by atoms with Gasteiger partial charge in [-0.05, 0) is 80.2 Å². The lowest BCUT2D eigenvalue weighted by atomic mass is 9.94. The van der Waals surface area contributed by atoms with Crippen LogP contribution in [-0.4, -0.2) is 68.4 Å². The van der Waals surface area contributed by atoms with Gasteiger partial charge in [0.1, 0.15) is 0 Å². The van der Waals surface area contributed by atoms with E-state index >= 15 is 0 Å². The summed E-state index contributed by atoms with van der Waals surface area (Å²) in [6.45, 7) is 8.11. The number of amides is 2. The van der Waals surface area contributed by atoms with Gasteiger partial charge in [0.05, 0.1) is 23.2 Å². The van der Waals surface area contributed by atoms with Crippen molar-refractivity contribution in [3.63, 3.8) is 0 Å². The van der Waals surface area contributed by atoms with E-state index in [1.54, 1.807) is 24.5 Å². The smallest absolute Gasteiger partial charge is 0.253 e. The molecule has 0 radical (unpaired) electrons. The predicted octanol–water partition coefficient (Wildman–Crippen LogP) is 9.50. The number of carbonyl (C=O) groups is 4. The summed E-state index contributed by atoms with van der Waals surface area (Å²) in [5.74, 6) is 3.50. The summed E-state index contributed by atoms with van der Waals surface area (Å²) >= 11 is 10.3. The molecule has 50 heavy (non-hydrogen) atoms. The van der Waals surface area contributed by atoms with Crippen LogP contribution in [0.3, 0.4) is 0 Å². The average molecular weight is 857 g/mol. The van der Waals surface area contributed by atoms with Gasteiger partial charge in [0, 0.05) is 58.1 Å². The van der Waals surface area contributed by atoms with E-state index in [4.69, 9.17) is 0 Å². The van der Waals surface area contributed by atoms with Gasteiger partial charge in [-0.3, -0.25) is 29.1 Å².